The van der Waals surface area contributed by atoms with Crippen molar-refractivity contribution in [3.8, 4) is 0 Å². The number of carbonyl (C=O) groups is 1. The molecule has 15 heavy (non-hydrogen) atoms. The van der Waals surface area contributed by atoms with Crippen molar-refractivity contribution in [3.63, 3.8) is 0 Å². The Morgan fingerprint density at radius 3 is 2.60 bits per heavy atom. The lowest BCUT2D eigenvalue weighted by Gasteiger charge is -2.01. The van der Waals surface area contributed by atoms with Crippen molar-refractivity contribution in [2.45, 2.75) is 46.6 Å². The Labute approximate surface area is 89.9 Å². The molecule has 0 aliphatic heterocycles. The minimum absolute atomic E-state index is 0.232. The van der Waals surface area contributed by atoms with E-state index in [4.69, 9.17) is 5.11 Å². The zero-order chi connectivity index (χ0) is 11.4. The molecular weight excluding hydrogens is 192 g/mol. The van der Waals surface area contributed by atoms with Crippen LogP contribution in [0.5, 0.6) is 0 Å². The first-order chi connectivity index (χ1) is 7.06. The van der Waals surface area contributed by atoms with Gasteiger partial charge in [-0.05, 0) is 39.2 Å². The molecule has 4 heteroatoms. The number of carboxylic acid groups (broad SMARTS) is 1. The van der Waals surface area contributed by atoms with E-state index in [0.29, 0.717) is 6.42 Å². The number of aliphatic carboxylic acids is 1. The highest BCUT2D eigenvalue weighted by Crippen LogP contribution is 2.15. The molecule has 0 aliphatic rings. The van der Waals surface area contributed by atoms with Crippen molar-refractivity contribution in [1.29, 1.82) is 0 Å². The lowest BCUT2D eigenvalue weighted by atomic mass is 10.1. The Morgan fingerprint density at radius 1 is 1.47 bits per heavy atom. The largest absolute Gasteiger partial charge is 0.481 e. The number of aromatic nitrogens is 2. The lowest BCUT2D eigenvalue weighted by molar-refractivity contribution is -0.137. The van der Waals surface area contributed by atoms with Gasteiger partial charge >= 0.3 is 5.97 Å². The summed E-state index contributed by atoms with van der Waals surface area (Å²) in [6, 6.07) is 0. The third kappa shape index (κ3) is 2.81. The first-order valence-electron chi connectivity index (χ1n) is 5.31. The van der Waals surface area contributed by atoms with Gasteiger partial charge in [-0.25, -0.2) is 0 Å². The van der Waals surface area contributed by atoms with Gasteiger partial charge < -0.3 is 5.11 Å². The second-order valence-corrected chi connectivity index (χ2v) is 3.71. The van der Waals surface area contributed by atoms with Crippen LogP contribution < -0.4 is 0 Å². The number of hydrogen-bond donors (Lipinski definition) is 1. The Kier molecular flexibility index (Phi) is 3.88. The number of nitrogens with zero attached hydrogens (tertiary/aromatic N) is 2. The quantitative estimate of drug-likeness (QED) is 0.807. The molecule has 0 amide bonds. The molecule has 0 saturated heterocycles. The van der Waals surface area contributed by atoms with Gasteiger partial charge in [0.05, 0.1) is 5.69 Å². The van der Waals surface area contributed by atoms with Crippen LogP contribution in [0.25, 0.3) is 0 Å². The van der Waals surface area contributed by atoms with Gasteiger partial charge in [-0.15, -0.1) is 0 Å². The lowest BCUT2D eigenvalue weighted by Crippen LogP contribution is -2.00. The Bertz CT molecular complexity index is 356. The Morgan fingerprint density at radius 2 is 2.13 bits per heavy atom. The maximum atomic E-state index is 10.4. The van der Waals surface area contributed by atoms with Crippen LogP contribution in [0.1, 0.15) is 36.7 Å². The maximum Gasteiger partial charge on any atom is 0.303 e. The molecule has 1 heterocycles. The van der Waals surface area contributed by atoms with E-state index in [2.05, 4.69) is 12.0 Å². The number of aryl methyl sites for hydroxylation is 2. The third-order valence-corrected chi connectivity index (χ3v) is 2.65. The Hall–Kier alpha value is -1.32. The van der Waals surface area contributed by atoms with E-state index in [-0.39, 0.29) is 6.42 Å². The van der Waals surface area contributed by atoms with Gasteiger partial charge in [-0.3, -0.25) is 9.48 Å². The van der Waals surface area contributed by atoms with Crippen molar-refractivity contribution in [1.82, 2.24) is 9.78 Å². The number of rotatable bonds is 5. The molecule has 1 N–H and O–H groups in total. The molecule has 0 aliphatic carbocycles. The second-order valence-electron chi connectivity index (χ2n) is 3.71. The minimum atomic E-state index is -0.729. The highest BCUT2D eigenvalue weighted by Gasteiger charge is 2.10. The SMILES string of the molecule is CCn1nc(C)c(CCCC(=O)O)c1C. The molecule has 0 fully saturated rings. The van der Waals surface area contributed by atoms with E-state index in [1.807, 2.05) is 18.5 Å². The van der Waals surface area contributed by atoms with Gasteiger partial charge in [0.1, 0.15) is 0 Å². The van der Waals surface area contributed by atoms with Crippen molar-refractivity contribution >= 4 is 5.97 Å². The number of hydrogen-bond acceptors (Lipinski definition) is 2. The average molecular weight is 210 g/mol. The zero-order valence-corrected chi connectivity index (χ0v) is 9.58. The summed E-state index contributed by atoms with van der Waals surface area (Å²) in [4.78, 5) is 10.4. The third-order valence-electron chi connectivity index (χ3n) is 2.65. The fraction of sp³-hybridized carbons (Fsp3) is 0.636. The van der Waals surface area contributed by atoms with Crippen LogP contribution in [-0.2, 0) is 17.8 Å². The molecule has 1 aromatic rings. The molecular formula is C11H18N2O2. The zero-order valence-electron chi connectivity index (χ0n) is 9.58. The highest BCUT2D eigenvalue weighted by atomic mass is 16.4. The summed E-state index contributed by atoms with van der Waals surface area (Å²) < 4.78 is 1.96. The van der Waals surface area contributed by atoms with Gasteiger partial charge in [0.15, 0.2) is 0 Å². The summed E-state index contributed by atoms with van der Waals surface area (Å²) in [5.41, 5.74) is 3.40. The van der Waals surface area contributed by atoms with E-state index in [1.165, 1.54) is 11.3 Å². The van der Waals surface area contributed by atoms with E-state index < -0.39 is 5.97 Å². The van der Waals surface area contributed by atoms with Crippen molar-refractivity contribution in [2.75, 3.05) is 0 Å². The molecule has 1 aromatic heterocycles. The monoisotopic (exact) mass is 210 g/mol. The van der Waals surface area contributed by atoms with Crippen LogP contribution in [0.3, 0.4) is 0 Å². The molecule has 0 atom stereocenters. The predicted octanol–water partition coefficient (Wildman–Crippen LogP) is 1.93. The van der Waals surface area contributed by atoms with Crippen LogP contribution in [0.2, 0.25) is 0 Å². The van der Waals surface area contributed by atoms with Crippen LogP contribution >= 0.6 is 0 Å². The normalized spacial score (nSPS) is 10.6. The standard InChI is InChI=1S/C11H18N2O2/c1-4-13-9(3)10(8(2)12-13)6-5-7-11(14)15/h4-7H2,1-3H3,(H,14,15). The van der Waals surface area contributed by atoms with E-state index in [1.54, 1.807) is 0 Å². The fourth-order valence-electron chi connectivity index (χ4n) is 1.82. The molecule has 0 unspecified atom stereocenters. The summed E-state index contributed by atoms with van der Waals surface area (Å²) in [6.07, 6.45) is 1.73. The summed E-state index contributed by atoms with van der Waals surface area (Å²) in [5.74, 6) is -0.729. The second kappa shape index (κ2) is 4.96. The average Bonchev–Trinajstić information content (AvgIpc) is 2.44. The maximum absolute atomic E-state index is 10.4. The number of carboxylic acids is 1. The van der Waals surface area contributed by atoms with Gasteiger partial charge in [-0.2, -0.15) is 5.10 Å². The molecule has 0 spiro atoms. The molecule has 0 saturated carbocycles. The van der Waals surface area contributed by atoms with Crippen LogP contribution in [0, 0.1) is 13.8 Å². The van der Waals surface area contributed by atoms with Crippen molar-refractivity contribution in [2.24, 2.45) is 0 Å². The van der Waals surface area contributed by atoms with Gasteiger partial charge in [0.2, 0.25) is 0 Å². The van der Waals surface area contributed by atoms with Crippen molar-refractivity contribution in [3.05, 3.63) is 17.0 Å². The highest BCUT2D eigenvalue weighted by molar-refractivity contribution is 5.66. The Balaban J connectivity index is 2.68. The predicted molar refractivity (Wildman–Crippen MR) is 57.9 cm³/mol. The molecule has 4 nitrogen and oxygen atoms in total. The van der Waals surface area contributed by atoms with E-state index >= 15 is 0 Å². The summed E-state index contributed by atoms with van der Waals surface area (Å²) in [7, 11) is 0. The molecule has 0 radical (unpaired) electrons. The fourth-order valence-corrected chi connectivity index (χ4v) is 1.82. The molecule has 0 bridgehead atoms. The first kappa shape index (κ1) is 11.8. The topological polar surface area (TPSA) is 55.1 Å². The first-order valence-corrected chi connectivity index (χ1v) is 5.31. The molecule has 84 valence electrons. The van der Waals surface area contributed by atoms with E-state index in [9.17, 15) is 4.79 Å². The molecule has 1 rings (SSSR count). The van der Waals surface area contributed by atoms with Gasteiger partial charge in [0.25, 0.3) is 0 Å². The summed E-state index contributed by atoms with van der Waals surface area (Å²) in [6.45, 7) is 6.95. The van der Waals surface area contributed by atoms with Crippen LogP contribution in [0.15, 0.2) is 0 Å². The van der Waals surface area contributed by atoms with Gasteiger partial charge in [-0.1, -0.05) is 0 Å². The smallest absolute Gasteiger partial charge is 0.303 e. The van der Waals surface area contributed by atoms with Crippen molar-refractivity contribution < 1.29 is 9.90 Å². The summed E-state index contributed by atoms with van der Waals surface area (Å²) >= 11 is 0. The van der Waals surface area contributed by atoms with Crippen LogP contribution in [-0.4, -0.2) is 20.9 Å². The van der Waals surface area contributed by atoms with Gasteiger partial charge in [0, 0.05) is 18.7 Å². The minimum Gasteiger partial charge on any atom is -0.481 e. The van der Waals surface area contributed by atoms with Crippen LogP contribution in [0.4, 0.5) is 0 Å². The molecule has 0 aromatic carbocycles. The van der Waals surface area contributed by atoms with E-state index in [0.717, 1.165) is 18.7 Å². The summed E-state index contributed by atoms with van der Waals surface area (Å²) in [5, 5.41) is 13.0.